The standard InChI is InChI=1S/C19H19N3O5S/c1-2-27-18(25)12-5-3-6-13(11-12)20-15(23)7-4-9-22-17(24)16-14(8-10-28-16)21-19(22)26/h3,5-6,8,10-11,16H,2,4,7,9H2,1H3,(H,20,23). The zero-order chi connectivity index (χ0) is 20.1. The highest BCUT2D eigenvalue weighted by Crippen LogP contribution is 2.27. The van der Waals surface area contributed by atoms with Crippen molar-refractivity contribution in [1.82, 2.24) is 4.90 Å². The maximum atomic E-state index is 12.4. The Balaban J connectivity index is 1.50. The van der Waals surface area contributed by atoms with Gasteiger partial charge in [-0.25, -0.2) is 9.59 Å². The number of hydrogen-bond donors (Lipinski definition) is 1. The molecule has 8 nitrogen and oxygen atoms in total. The zero-order valence-corrected chi connectivity index (χ0v) is 16.0. The van der Waals surface area contributed by atoms with Gasteiger partial charge in [0, 0.05) is 18.7 Å². The topological polar surface area (TPSA) is 105 Å². The number of thioether (sulfide) groups is 1. The fourth-order valence-electron chi connectivity index (χ4n) is 2.80. The Hall–Kier alpha value is -2.94. The van der Waals surface area contributed by atoms with Crippen molar-refractivity contribution >= 4 is 47.0 Å². The second-order valence-electron chi connectivity index (χ2n) is 6.08. The van der Waals surface area contributed by atoms with E-state index in [0.717, 1.165) is 4.90 Å². The van der Waals surface area contributed by atoms with E-state index in [9.17, 15) is 19.2 Å². The molecule has 1 aromatic carbocycles. The maximum Gasteiger partial charge on any atom is 0.350 e. The van der Waals surface area contributed by atoms with Crippen molar-refractivity contribution in [3.8, 4) is 0 Å². The minimum absolute atomic E-state index is 0.118. The van der Waals surface area contributed by atoms with Gasteiger partial charge >= 0.3 is 12.0 Å². The number of hydrogen-bond acceptors (Lipinski definition) is 6. The lowest BCUT2D eigenvalue weighted by Gasteiger charge is -2.25. The molecule has 0 aliphatic carbocycles. The van der Waals surface area contributed by atoms with E-state index in [1.54, 1.807) is 36.6 Å². The summed E-state index contributed by atoms with van der Waals surface area (Å²) in [7, 11) is 0. The van der Waals surface area contributed by atoms with Gasteiger partial charge in [-0.2, -0.15) is 4.99 Å². The number of ether oxygens (including phenoxy) is 1. The molecule has 4 amide bonds. The van der Waals surface area contributed by atoms with E-state index in [-0.39, 0.29) is 31.4 Å². The van der Waals surface area contributed by atoms with E-state index in [4.69, 9.17) is 4.74 Å². The number of nitrogens with zero attached hydrogens (tertiary/aromatic N) is 2. The monoisotopic (exact) mass is 401 g/mol. The minimum atomic E-state index is -0.592. The van der Waals surface area contributed by atoms with Crippen LogP contribution in [0.1, 0.15) is 30.1 Å². The Kier molecular flexibility index (Phi) is 6.25. The van der Waals surface area contributed by atoms with Crippen molar-refractivity contribution in [1.29, 1.82) is 0 Å². The molecule has 1 atom stereocenters. The van der Waals surface area contributed by atoms with Crippen LogP contribution >= 0.6 is 11.8 Å². The Labute approximate surface area is 166 Å². The fourth-order valence-corrected chi connectivity index (χ4v) is 3.69. The number of anilines is 1. The summed E-state index contributed by atoms with van der Waals surface area (Å²) in [5, 5.41) is 3.98. The van der Waals surface area contributed by atoms with Crippen LogP contribution in [0.3, 0.4) is 0 Å². The molecule has 3 rings (SSSR count). The zero-order valence-electron chi connectivity index (χ0n) is 15.2. The molecule has 1 N–H and O–H groups in total. The molecule has 1 unspecified atom stereocenters. The van der Waals surface area contributed by atoms with Crippen molar-refractivity contribution in [3.63, 3.8) is 0 Å². The van der Waals surface area contributed by atoms with Gasteiger partial charge in [0.1, 0.15) is 5.25 Å². The SMILES string of the molecule is CCOC(=O)c1cccc(NC(=O)CCCN2C(=O)N=C3C=CSC3C2=O)c1. The number of imide groups is 1. The summed E-state index contributed by atoms with van der Waals surface area (Å²) in [6, 6.07) is 5.86. The third-order valence-corrected chi connectivity index (χ3v) is 5.12. The van der Waals surface area contributed by atoms with Crippen LogP contribution in [0.2, 0.25) is 0 Å². The molecule has 0 saturated heterocycles. The van der Waals surface area contributed by atoms with Crippen molar-refractivity contribution in [2.24, 2.45) is 4.99 Å². The number of carbonyl (C=O) groups excluding carboxylic acids is 4. The first-order valence-electron chi connectivity index (χ1n) is 8.82. The predicted octanol–water partition coefficient (Wildman–Crippen LogP) is 2.61. The van der Waals surface area contributed by atoms with Gasteiger partial charge in [-0.3, -0.25) is 14.5 Å². The van der Waals surface area contributed by atoms with Gasteiger partial charge in [-0.15, -0.1) is 11.8 Å². The largest absolute Gasteiger partial charge is 0.462 e. The number of urea groups is 1. The Morgan fingerprint density at radius 1 is 1.32 bits per heavy atom. The first-order chi connectivity index (χ1) is 13.5. The molecule has 0 aromatic heterocycles. The van der Waals surface area contributed by atoms with Crippen LogP contribution in [0.5, 0.6) is 0 Å². The highest BCUT2D eigenvalue weighted by Gasteiger charge is 2.38. The molecule has 2 aliphatic heterocycles. The Bertz CT molecular complexity index is 880. The number of allylic oxidation sites excluding steroid dienone is 1. The third kappa shape index (κ3) is 4.48. The summed E-state index contributed by atoms with van der Waals surface area (Å²) in [6.45, 7) is 2.11. The number of benzene rings is 1. The van der Waals surface area contributed by atoms with Gasteiger partial charge in [0.25, 0.3) is 0 Å². The summed E-state index contributed by atoms with van der Waals surface area (Å²) in [5.74, 6) is -1.04. The highest BCUT2D eigenvalue weighted by atomic mass is 32.2. The molecular formula is C19H19N3O5S. The van der Waals surface area contributed by atoms with Crippen molar-refractivity contribution in [2.45, 2.75) is 25.0 Å². The summed E-state index contributed by atoms with van der Waals surface area (Å²) in [5.41, 5.74) is 1.30. The van der Waals surface area contributed by atoms with Gasteiger partial charge in [-0.05, 0) is 43.0 Å². The van der Waals surface area contributed by atoms with Gasteiger partial charge in [0.05, 0.1) is 17.9 Å². The quantitative estimate of drug-likeness (QED) is 0.704. The maximum absolute atomic E-state index is 12.4. The van der Waals surface area contributed by atoms with Gasteiger partial charge < -0.3 is 10.1 Å². The van der Waals surface area contributed by atoms with Crippen LogP contribution in [0.15, 0.2) is 40.7 Å². The normalized spacial score (nSPS) is 18.0. The van der Waals surface area contributed by atoms with Crippen molar-refractivity contribution in [2.75, 3.05) is 18.5 Å². The van der Waals surface area contributed by atoms with Crippen LogP contribution < -0.4 is 5.32 Å². The van der Waals surface area contributed by atoms with Crippen molar-refractivity contribution < 1.29 is 23.9 Å². The smallest absolute Gasteiger partial charge is 0.350 e. The van der Waals surface area contributed by atoms with Crippen LogP contribution in [-0.4, -0.2) is 52.8 Å². The number of carbonyl (C=O) groups is 4. The molecule has 0 bridgehead atoms. The molecule has 0 saturated carbocycles. The average molecular weight is 401 g/mol. The number of fused-ring (bicyclic) bond motifs is 1. The Morgan fingerprint density at radius 2 is 2.14 bits per heavy atom. The van der Waals surface area contributed by atoms with E-state index in [1.165, 1.54) is 17.8 Å². The molecule has 9 heteroatoms. The molecule has 0 radical (unpaired) electrons. The van der Waals surface area contributed by atoms with Gasteiger partial charge in [-0.1, -0.05) is 6.07 Å². The third-order valence-electron chi connectivity index (χ3n) is 4.11. The molecule has 2 heterocycles. The van der Waals surface area contributed by atoms with E-state index in [2.05, 4.69) is 10.3 Å². The van der Waals surface area contributed by atoms with Crippen LogP contribution in [0.4, 0.5) is 10.5 Å². The second kappa shape index (κ2) is 8.83. The van der Waals surface area contributed by atoms with Crippen LogP contribution in [0, 0.1) is 0 Å². The van der Waals surface area contributed by atoms with Crippen LogP contribution in [-0.2, 0) is 14.3 Å². The molecule has 0 fully saturated rings. The van der Waals surface area contributed by atoms with Crippen LogP contribution in [0.25, 0.3) is 0 Å². The van der Waals surface area contributed by atoms with E-state index in [0.29, 0.717) is 23.4 Å². The van der Waals surface area contributed by atoms with E-state index >= 15 is 0 Å². The number of amides is 4. The number of rotatable bonds is 7. The lowest BCUT2D eigenvalue weighted by atomic mass is 10.1. The molecular weight excluding hydrogens is 382 g/mol. The summed E-state index contributed by atoms with van der Waals surface area (Å²) >= 11 is 1.32. The lowest BCUT2D eigenvalue weighted by molar-refractivity contribution is -0.127. The van der Waals surface area contributed by atoms with E-state index < -0.39 is 17.3 Å². The number of esters is 1. The number of nitrogens with one attached hydrogen (secondary N) is 1. The summed E-state index contributed by atoms with van der Waals surface area (Å²) < 4.78 is 4.93. The van der Waals surface area contributed by atoms with Gasteiger partial charge in [0.15, 0.2) is 0 Å². The lowest BCUT2D eigenvalue weighted by Crippen LogP contribution is -2.47. The average Bonchev–Trinajstić information content (AvgIpc) is 3.13. The second-order valence-corrected chi connectivity index (χ2v) is 7.10. The molecule has 28 heavy (non-hydrogen) atoms. The molecule has 146 valence electrons. The Morgan fingerprint density at radius 3 is 2.93 bits per heavy atom. The highest BCUT2D eigenvalue weighted by molar-refractivity contribution is 8.04. The molecule has 0 spiro atoms. The minimum Gasteiger partial charge on any atom is -0.462 e. The first-order valence-corrected chi connectivity index (χ1v) is 9.77. The van der Waals surface area contributed by atoms with Crippen molar-refractivity contribution in [3.05, 3.63) is 41.3 Å². The van der Waals surface area contributed by atoms with E-state index in [1.807, 2.05) is 0 Å². The fraction of sp³-hybridized carbons (Fsp3) is 0.316. The first kappa shape index (κ1) is 19.8. The predicted molar refractivity (Wildman–Crippen MR) is 105 cm³/mol. The molecule has 1 aromatic rings. The summed E-state index contributed by atoms with van der Waals surface area (Å²) in [6.07, 6.45) is 2.10. The van der Waals surface area contributed by atoms with Gasteiger partial charge in [0.2, 0.25) is 11.8 Å². The molecule has 2 aliphatic rings. The number of aliphatic imine (C=N–C) groups is 1. The summed E-state index contributed by atoms with van der Waals surface area (Å²) in [4.78, 5) is 53.3.